The molecule has 3 rings (SSSR count). The SMILES string of the molecule is C=C(CN1NNC(CN)=C1C)NC1Cc2cccc(C(=C)C)c2B1C. The zero-order chi connectivity index (χ0) is 18.1. The molecule has 1 aromatic rings. The molecule has 5 N–H and O–H groups in total. The Bertz CT molecular complexity index is 739. The second kappa shape index (κ2) is 6.98. The monoisotopic (exact) mass is 337 g/mol. The van der Waals surface area contributed by atoms with Crippen molar-refractivity contribution in [3.8, 4) is 0 Å². The van der Waals surface area contributed by atoms with Crippen molar-refractivity contribution < 1.29 is 0 Å². The summed E-state index contributed by atoms with van der Waals surface area (Å²) in [6, 6.07) is 6.54. The van der Waals surface area contributed by atoms with Gasteiger partial charge in [0.25, 0.3) is 0 Å². The van der Waals surface area contributed by atoms with Gasteiger partial charge in [-0.3, -0.25) is 5.01 Å². The van der Waals surface area contributed by atoms with Gasteiger partial charge >= 0.3 is 0 Å². The van der Waals surface area contributed by atoms with Crippen LogP contribution in [-0.2, 0) is 6.42 Å². The van der Waals surface area contributed by atoms with Gasteiger partial charge in [0, 0.05) is 18.2 Å². The van der Waals surface area contributed by atoms with Crippen molar-refractivity contribution in [3.05, 3.63) is 59.6 Å². The molecule has 1 unspecified atom stereocenters. The first kappa shape index (κ1) is 17.6. The Labute approximate surface area is 151 Å². The molecule has 0 amide bonds. The molecule has 1 atom stereocenters. The van der Waals surface area contributed by atoms with E-state index in [4.69, 9.17) is 5.73 Å². The van der Waals surface area contributed by atoms with E-state index in [1.807, 2.05) is 5.01 Å². The lowest BCUT2D eigenvalue weighted by molar-refractivity contribution is 0.266. The molecule has 2 heterocycles. The molecule has 0 spiro atoms. The van der Waals surface area contributed by atoms with E-state index in [1.165, 1.54) is 16.6 Å². The van der Waals surface area contributed by atoms with E-state index in [-0.39, 0.29) is 0 Å². The van der Waals surface area contributed by atoms with E-state index in [0.29, 0.717) is 25.7 Å². The summed E-state index contributed by atoms with van der Waals surface area (Å²) in [4.78, 5) is 0. The van der Waals surface area contributed by atoms with Crippen LogP contribution in [0.5, 0.6) is 0 Å². The van der Waals surface area contributed by atoms with Crippen LogP contribution in [0.25, 0.3) is 5.57 Å². The maximum Gasteiger partial charge on any atom is 0.199 e. The lowest BCUT2D eigenvalue weighted by atomic mass is 9.44. The molecule has 0 saturated carbocycles. The molecule has 0 radical (unpaired) electrons. The molecule has 0 aromatic heterocycles. The van der Waals surface area contributed by atoms with Crippen LogP contribution < -0.4 is 27.5 Å². The van der Waals surface area contributed by atoms with Crippen molar-refractivity contribution in [1.82, 2.24) is 21.3 Å². The summed E-state index contributed by atoms with van der Waals surface area (Å²) in [6.07, 6.45) is 1.02. The number of fused-ring (bicyclic) bond motifs is 1. The number of hydrogen-bond donors (Lipinski definition) is 4. The maximum atomic E-state index is 5.72. The molecule has 132 valence electrons. The molecule has 2 aliphatic heterocycles. The molecule has 1 aromatic carbocycles. The topological polar surface area (TPSA) is 65.3 Å². The largest absolute Gasteiger partial charge is 0.391 e. The highest BCUT2D eigenvalue weighted by Gasteiger charge is 2.34. The lowest BCUT2D eigenvalue weighted by Crippen LogP contribution is -2.47. The summed E-state index contributed by atoms with van der Waals surface area (Å²) in [7, 11) is 0. The molecular weight excluding hydrogens is 309 g/mol. The van der Waals surface area contributed by atoms with Crippen LogP contribution in [0.4, 0.5) is 0 Å². The van der Waals surface area contributed by atoms with E-state index in [1.54, 1.807) is 0 Å². The van der Waals surface area contributed by atoms with E-state index < -0.39 is 0 Å². The number of nitrogens with one attached hydrogen (secondary N) is 3. The van der Waals surface area contributed by atoms with Crippen LogP contribution >= 0.6 is 0 Å². The van der Waals surface area contributed by atoms with Gasteiger partial charge in [0.05, 0.1) is 17.9 Å². The fourth-order valence-electron chi connectivity index (χ4n) is 3.82. The Morgan fingerprint density at radius 3 is 2.84 bits per heavy atom. The van der Waals surface area contributed by atoms with Crippen molar-refractivity contribution in [2.45, 2.75) is 33.0 Å². The van der Waals surface area contributed by atoms with Gasteiger partial charge in [-0.05, 0) is 25.8 Å². The molecule has 0 saturated heterocycles. The normalized spacial score (nSPS) is 19.1. The number of rotatable bonds is 6. The van der Waals surface area contributed by atoms with E-state index >= 15 is 0 Å². The van der Waals surface area contributed by atoms with Gasteiger partial charge in [-0.15, -0.1) is 5.53 Å². The third kappa shape index (κ3) is 3.32. The number of allylic oxidation sites excluding steroid dienone is 2. The van der Waals surface area contributed by atoms with Gasteiger partial charge in [-0.2, -0.15) is 0 Å². The third-order valence-corrected chi connectivity index (χ3v) is 5.28. The summed E-state index contributed by atoms with van der Waals surface area (Å²) < 4.78 is 0. The van der Waals surface area contributed by atoms with Gasteiger partial charge in [0.1, 0.15) is 0 Å². The second-order valence-corrected chi connectivity index (χ2v) is 7.10. The van der Waals surface area contributed by atoms with Crippen LogP contribution in [0.3, 0.4) is 0 Å². The molecule has 0 fully saturated rings. The summed E-state index contributed by atoms with van der Waals surface area (Å²) >= 11 is 0. The molecule has 2 aliphatic rings. The van der Waals surface area contributed by atoms with Gasteiger partial charge < -0.3 is 16.5 Å². The van der Waals surface area contributed by atoms with Gasteiger partial charge in [-0.25, -0.2) is 0 Å². The summed E-state index contributed by atoms with van der Waals surface area (Å²) in [6.45, 7) is 16.4. The smallest absolute Gasteiger partial charge is 0.199 e. The van der Waals surface area contributed by atoms with Crippen molar-refractivity contribution >= 4 is 17.7 Å². The highest BCUT2D eigenvalue weighted by Crippen LogP contribution is 2.21. The fraction of sp³-hybridized carbons (Fsp3) is 0.368. The predicted octanol–water partition coefficient (Wildman–Crippen LogP) is 1.13. The zero-order valence-corrected chi connectivity index (χ0v) is 15.4. The quantitative estimate of drug-likeness (QED) is 0.586. The Kier molecular flexibility index (Phi) is 4.93. The second-order valence-electron chi connectivity index (χ2n) is 7.10. The minimum absolute atomic E-state index is 0.358. The Morgan fingerprint density at radius 1 is 1.44 bits per heavy atom. The molecule has 6 heteroatoms. The minimum Gasteiger partial charge on any atom is -0.391 e. The average Bonchev–Trinajstić information content (AvgIpc) is 3.08. The number of hydrazine groups is 2. The molecule has 25 heavy (non-hydrogen) atoms. The number of nitrogens with zero attached hydrogens (tertiary/aromatic N) is 1. The lowest BCUT2D eigenvalue weighted by Gasteiger charge is -2.25. The summed E-state index contributed by atoms with van der Waals surface area (Å²) in [5.74, 6) is 0.358. The molecule has 0 aliphatic carbocycles. The number of nitrogens with two attached hydrogens (primary N) is 1. The predicted molar refractivity (Wildman–Crippen MR) is 107 cm³/mol. The molecule has 5 nitrogen and oxygen atoms in total. The average molecular weight is 337 g/mol. The minimum atomic E-state index is 0.358. The standard InChI is InChI=1S/C19H28BN5/c1-12(2)16-8-6-7-15-9-18(20(5)19(15)16)22-13(3)11-25-14(4)17(10-21)23-24-25/h6-8,18,22-24H,1,3,9-11,21H2,2,4-5H3. The summed E-state index contributed by atoms with van der Waals surface area (Å²) in [5.41, 5.74) is 20.3. The van der Waals surface area contributed by atoms with E-state index in [0.717, 1.165) is 29.1 Å². The van der Waals surface area contributed by atoms with Crippen molar-refractivity contribution in [1.29, 1.82) is 0 Å². The van der Waals surface area contributed by atoms with Gasteiger partial charge in [0.2, 0.25) is 0 Å². The molecule has 0 bridgehead atoms. The highest BCUT2D eigenvalue weighted by molar-refractivity contribution is 6.76. The van der Waals surface area contributed by atoms with Gasteiger partial charge in [0.15, 0.2) is 6.71 Å². The summed E-state index contributed by atoms with van der Waals surface area (Å²) in [5, 5.41) is 5.67. The van der Waals surface area contributed by atoms with Gasteiger partial charge in [-0.1, -0.05) is 54.8 Å². The van der Waals surface area contributed by atoms with Crippen LogP contribution in [0.2, 0.25) is 6.82 Å². The van der Waals surface area contributed by atoms with Crippen molar-refractivity contribution in [2.75, 3.05) is 13.1 Å². The van der Waals surface area contributed by atoms with Crippen LogP contribution in [0.1, 0.15) is 25.0 Å². The zero-order valence-electron chi connectivity index (χ0n) is 15.4. The molecular formula is C19H28BN5. The number of benzene rings is 1. The Morgan fingerprint density at radius 2 is 2.20 bits per heavy atom. The van der Waals surface area contributed by atoms with Crippen molar-refractivity contribution in [2.24, 2.45) is 5.73 Å². The van der Waals surface area contributed by atoms with Crippen LogP contribution in [-0.4, -0.2) is 30.8 Å². The fourth-order valence-corrected chi connectivity index (χ4v) is 3.82. The van der Waals surface area contributed by atoms with E-state index in [2.05, 4.69) is 68.3 Å². The van der Waals surface area contributed by atoms with E-state index in [9.17, 15) is 0 Å². The first-order valence-corrected chi connectivity index (χ1v) is 8.83. The highest BCUT2D eigenvalue weighted by atomic mass is 15.7. The first-order valence-electron chi connectivity index (χ1n) is 8.83. The van der Waals surface area contributed by atoms with Crippen LogP contribution in [0.15, 0.2) is 48.4 Å². The Hall–Kier alpha value is -2.18. The first-order chi connectivity index (χ1) is 11.9. The Balaban J connectivity index is 1.67. The van der Waals surface area contributed by atoms with Crippen molar-refractivity contribution in [3.63, 3.8) is 0 Å². The van der Waals surface area contributed by atoms with Crippen LogP contribution in [0, 0.1) is 0 Å². The third-order valence-electron chi connectivity index (χ3n) is 5.28. The number of hydrogen-bond acceptors (Lipinski definition) is 5. The maximum absolute atomic E-state index is 5.72.